The molecule has 31 heavy (non-hydrogen) atoms. The Bertz CT molecular complexity index is 850. The van der Waals surface area contributed by atoms with Crippen molar-refractivity contribution >= 4 is 29.0 Å². The molecule has 1 aromatic carbocycles. The molecular formula is C24H35N3O3S. The van der Waals surface area contributed by atoms with Gasteiger partial charge in [-0.25, -0.2) is 14.6 Å². The minimum Gasteiger partial charge on any atom is -0.464 e. The number of thiazole rings is 1. The van der Waals surface area contributed by atoms with E-state index >= 15 is 0 Å². The zero-order chi connectivity index (χ0) is 23.0. The number of urea groups is 1. The third-order valence-corrected chi connectivity index (χ3v) is 6.03. The number of ether oxygens (including phenoxy) is 1. The number of hydrogen-bond donors (Lipinski definition) is 1. The fourth-order valence-electron chi connectivity index (χ4n) is 3.43. The van der Waals surface area contributed by atoms with Gasteiger partial charge in [0.2, 0.25) is 0 Å². The maximum absolute atomic E-state index is 13.4. The van der Waals surface area contributed by atoms with E-state index in [4.69, 9.17) is 4.74 Å². The van der Waals surface area contributed by atoms with Gasteiger partial charge < -0.3 is 15.0 Å². The second-order valence-corrected chi connectivity index (χ2v) is 9.24. The number of anilines is 1. The third kappa shape index (κ3) is 6.79. The lowest BCUT2D eigenvalue weighted by Crippen LogP contribution is -2.36. The van der Waals surface area contributed by atoms with Gasteiger partial charge in [-0.3, -0.25) is 0 Å². The van der Waals surface area contributed by atoms with Crippen LogP contribution in [0.1, 0.15) is 92.3 Å². The Morgan fingerprint density at radius 1 is 1.13 bits per heavy atom. The average molecular weight is 446 g/mol. The Morgan fingerprint density at radius 2 is 1.77 bits per heavy atom. The molecule has 0 fully saturated rings. The molecule has 0 bridgehead atoms. The Balaban J connectivity index is 2.28. The van der Waals surface area contributed by atoms with Crippen LogP contribution in [0.2, 0.25) is 0 Å². The second-order valence-electron chi connectivity index (χ2n) is 8.30. The number of benzene rings is 1. The molecule has 1 heterocycles. The van der Waals surface area contributed by atoms with Crippen LogP contribution in [-0.4, -0.2) is 35.5 Å². The number of hydrogen-bond acceptors (Lipinski definition) is 5. The fraction of sp³-hybridized carbons (Fsp3) is 0.542. The number of unbranched alkanes of at least 4 members (excludes halogenated alkanes) is 2. The molecule has 170 valence electrons. The van der Waals surface area contributed by atoms with Crippen LogP contribution in [0.15, 0.2) is 23.6 Å². The SMILES string of the molecule is CCCCCN(Cc1nc(C(=O)OC)cs1)C(=O)Nc1c(C(C)C)cccc1C(C)C. The lowest BCUT2D eigenvalue weighted by molar-refractivity contribution is 0.0594. The van der Waals surface area contributed by atoms with E-state index in [1.807, 2.05) is 0 Å². The summed E-state index contributed by atoms with van der Waals surface area (Å²) >= 11 is 1.37. The van der Waals surface area contributed by atoms with Gasteiger partial charge in [0.25, 0.3) is 0 Å². The molecule has 2 aromatic rings. The highest BCUT2D eigenvalue weighted by Crippen LogP contribution is 2.32. The maximum Gasteiger partial charge on any atom is 0.357 e. The van der Waals surface area contributed by atoms with Crippen LogP contribution in [-0.2, 0) is 11.3 Å². The van der Waals surface area contributed by atoms with Crippen molar-refractivity contribution in [3.8, 4) is 0 Å². The zero-order valence-electron chi connectivity index (χ0n) is 19.5. The van der Waals surface area contributed by atoms with Crippen LogP contribution in [0.4, 0.5) is 10.5 Å². The van der Waals surface area contributed by atoms with Gasteiger partial charge in [0, 0.05) is 17.6 Å². The molecule has 0 saturated heterocycles. The summed E-state index contributed by atoms with van der Waals surface area (Å²) in [5.74, 6) is 0.130. The van der Waals surface area contributed by atoms with E-state index in [1.54, 1.807) is 10.3 Å². The second kappa shape index (κ2) is 11.8. The first kappa shape index (κ1) is 24.9. The van der Waals surface area contributed by atoms with Gasteiger partial charge in [-0.05, 0) is 29.4 Å². The van der Waals surface area contributed by atoms with Gasteiger partial charge >= 0.3 is 12.0 Å². The molecule has 0 radical (unpaired) electrons. The number of nitrogens with zero attached hydrogens (tertiary/aromatic N) is 2. The number of amides is 2. The summed E-state index contributed by atoms with van der Waals surface area (Å²) < 4.78 is 4.74. The molecule has 1 N–H and O–H groups in total. The highest BCUT2D eigenvalue weighted by atomic mass is 32.1. The van der Waals surface area contributed by atoms with Gasteiger partial charge in [-0.1, -0.05) is 65.7 Å². The molecular weight excluding hydrogens is 410 g/mol. The number of rotatable bonds is 10. The van der Waals surface area contributed by atoms with E-state index in [9.17, 15) is 9.59 Å². The van der Waals surface area contributed by atoms with Crippen molar-refractivity contribution in [1.82, 2.24) is 9.88 Å². The van der Waals surface area contributed by atoms with Gasteiger partial charge in [-0.15, -0.1) is 11.3 Å². The normalized spacial score (nSPS) is 11.1. The monoisotopic (exact) mass is 445 g/mol. The molecule has 2 rings (SSSR count). The standard InChI is InChI=1S/C24H35N3O3S/c1-7-8-9-13-27(14-21-25-20(15-31-21)23(28)30-6)24(29)26-22-18(16(2)3)11-10-12-19(22)17(4)5/h10-12,15-17H,7-9,13-14H2,1-6H3,(H,26,29). The number of esters is 1. The van der Waals surface area contributed by atoms with Gasteiger partial charge in [0.05, 0.1) is 13.7 Å². The highest BCUT2D eigenvalue weighted by molar-refractivity contribution is 7.09. The molecule has 1 aromatic heterocycles. The third-order valence-electron chi connectivity index (χ3n) is 5.20. The summed E-state index contributed by atoms with van der Waals surface area (Å²) in [6.07, 6.45) is 3.05. The topological polar surface area (TPSA) is 71.5 Å². The van der Waals surface area contributed by atoms with Crippen molar-refractivity contribution in [2.24, 2.45) is 0 Å². The number of methoxy groups -OCH3 is 1. The molecule has 0 atom stereocenters. The molecule has 0 aliphatic carbocycles. The Labute approximate surface area is 190 Å². The summed E-state index contributed by atoms with van der Waals surface area (Å²) in [6, 6.07) is 6.08. The molecule has 2 amide bonds. The smallest absolute Gasteiger partial charge is 0.357 e. The predicted molar refractivity (Wildman–Crippen MR) is 127 cm³/mol. The number of carbonyl (C=O) groups is 2. The largest absolute Gasteiger partial charge is 0.464 e. The van der Waals surface area contributed by atoms with E-state index in [0.717, 1.165) is 36.1 Å². The van der Waals surface area contributed by atoms with Crippen LogP contribution in [0.25, 0.3) is 0 Å². The molecule has 0 spiro atoms. The maximum atomic E-state index is 13.4. The highest BCUT2D eigenvalue weighted by Gasteiger charge is 2.21. The van der Waals surface area contributed by atoms with E-state index in [2.05, 4.69) is 63.1 Å². The Hall–Kier alpha value is -2.41. The van der Waals surface area contributed by atoms with Gasteiger partial charge in [-0.2, -0.15) is 0 Å². The van der Waals surface area contributed by atoms with Crippen molar-refractivity contribution < 1.29 is 14.3 Å². The summed E-state index contributed by atoms with van der Waals surface area (Å²) in [6.45, 7) is 11.7. The lowest BCUT2D eigenvalue weighted by Gasteiger charge is -2.25. The first-order valence-electron chi connectivity index (χ1n) is 11.0. The molecule has 7 heteroatoms. The van der Waals surface area contributed by atoms with Crippen LogP contribution >= 0.6 is 11.3 Å². The molecule has 0 aliphatic heterocycles. The zero-order valence-corrected chi connectivity index (χ0v) is 20.3. The fourth-order valence-corrected chi connectivity index (χ4v) is 4.21. The van der Waals surface area contributed by atoms with Crippen molar-refractivity contribution in [3.05, 3.63) is 45.4 Å². The number of para-hydroxylation sites is 1. The van der Waals surface area contributed by atoms with Crippen LogP contribution < -0.4 is 5.32 Å². The summed E-state index contributed by atoms with van der Waals surface area (Å²) in [5, 5.41) is 5.59. The minimum absolute atomic E-state index is 0.138. The van der Waals surface area contributed by atoms with Crippen LogP contribution in [0.5, 0.6) is 0 Å². The van der Waals surface area contributed by atoms with E-state index in [0.29, 0.717) is 29.9 Å². The first-order valence-corrected chi connectivity index (χ1v) is 11.9. The van der Waals surface area contributed by atoms with E-state index in [-0.39, 0.29) is 11.7 Å². The summed E-state index contributed by atoms with van der Waals surface area (Å²) in [5.41, 5.74) is 3.46. The van der Waals surface area contributed by atoms with Crippen molar-refractivity contribution in [1.29, 1.82) is 0 Å². The van der Waals surface area contributed by atoms with E-state index < -0.39 is 5.97 Å². The average Bonchev–Trinajstić information content (AvgIpc) is 3.21. The van der Waals surface area contributed by atoms with Crippen molar-refractivity contribution in [3.63, 3.8) is 0 Å². The number of carbonyl (C=O) groups excluding carboxylic acids is 2. The predicted octanol–water partition coefficient (Wildman–Crippen LogP) is 6.40. The van der Waals surface area contributed by atoms with Gasteiger partial charge in [0.15, 0.2) is 5.69 Å². The molecule has 6 nitrogen and oxygen atoms in total. The molecule has 0 aliphatic rings. The summed E-state index contributed by atoms with van der Waals surface area (Å²) in [4.78, 5) is 31.2. The van der Waals surface area contributed by atoms with Crippen LogP contribution in [0, 0.1) is 0 Å². The van der Waals surface area contributed by atoms with Gasteiger partial charge in [0.1, 0.15) is 5.01 Å². The van der Waals surface area contributed by atoms with Crippen molar-refractivity contribution in [2.75, 3.05) is 19.0 Å². The number of nitrogens with one attached hydrogen (secondary N) is 1. The summed E-state index contributed by atoms with van der Waals surface area (Å²) in [7, 11) is 1.34. The van der Waals surface area contributed by atoms with E-state index in [1.165, 1.54) is 18.4 Å². The van der Waals surface area contributed by atoms with Crippen molar-refractivity contribution in [2.45, 2.75) is 72.3 Å². The number of aromatic nitrogens is 1. The molecule has 0 unspecified atom stereocenters. The van der Waals surface area contributed by atoms with Crippen LogP contribution in [0.3, 0.4) is 0 Å². The lowest BCUT2D eigenvalue weighted by atomic mass is 9.93. The quantitative estimate of drug-likeness (QED) is 0.339. The minimum atomic E-state index is -0.461. The first-order chi connectivity index (χ1) is 14.8. The Kier molecular flexibility index (Phi) is 9.49. The Morgan fingerprint density at radius 3 is 2.32 bits per heavy atom. The molecule has 0 saturated carbocycles.